The fraction of sp³-hybridized carbons (Fsp3) is 0.250. The Kier molecular flexibility index (Phi) is 2.20. The zero-order chi connectivity index (χ0) is 9.10. The van der Waals surface area contributed by atoms with Gasteiger partial charge in [-0.2, -0.15) is 0 Å². The third-order valence-corrected chi connectivity index (χ3v) is 1.77. The summed E-state index contributed by atoms with van der Waals surface area (Å²) in [6.07, 6.45) is 5.04. The molecule has 0 saturated heterocycles. The van der Waals surface area contributed by atoms with E-state index in [4.69, 9.17) is 5.11 Å². The van der Waals surface area contributed by atoms with Gasteiger partial charge in [0.05, 0.1) is 18.5 Å². The summed E-state index contributed by atoms with van der Waals surface area (Å²) >= 11 is 0. The molecule has 1 aliphatic rings. The van der Waals surface area contributed by atoms with Crippen LogP contribution in [0.1, 0.15) is 5.56 Å². The second kappa shape index (κ2) is 3.51. The Labute approximate surface area is 75.7 Å². The van der Waals surface area contributed by atoms with Crippen molar-refractivity contribution in [2.75, 3.05) is 11.7 Å². The van der Waals surface area contributed by atoms with Crippen LogP contribution in [-0.2, 0) is 6.61 Å². The Morgan fingerprint density at radius 1 is 1.54 bits per heavy atom. The molecule has 0 aliphatic carbocycles. The van der Waals surface area contributed by atoms with Crippen LogP contribution in [0.4, 0.5) is 5.69 Å². The summed E-state index contributed by atoms with van der Waals surface area (Å²) in [5.41, 5.74) is 4.69. The molecule has 5 heteroatoms. The smallest absolute Gasteiger partial charge is 0.108 e. The average molecular weight is 178 g/mol. The van der Waals surface area contributed by atoms with Crippen molar-refractivity contribution in [2.24, 2.45) is 4.99 Å². The molecule has 0 amide bonds. The van der Waals surface area contributed by atoms with Gasteiger partial charge < -0.3 is 5.11 Å². The Balaban J connectivity index is 2.24. The van der Waals surface area contributed by atoms with E-state index in [1.165, 1.54) is 0 Å². The highest BCUT2D eigenvalue weighted by Crippen LogP contribution is 2.12. The first-order valence-electron chi connectivity index (χ1n) is 3.97. The number of hydrogen-bond acceptors (Lipinski definition) is 5. The van der Waals surface area contributed by atoms with Gasteiger partial charge in [-0.25, -0.2) is 5.43 Å². The van der Waals surface area contributed by atoms with E-state index in [2.05, 4.69) is 15.4 Å². The van der Waals surface area contributed by atoms with E-state index in [1.54, 1.807) is 23.7 Å². The second-order valence-electron chi connectivity index (χ2n) is 2.69. The number of pyridine rings is 1. The molecule has 68 valence electrons. The van der Waals surface area contributed by atoms with E-state index in [-0.39, 0.29) is 6.61 Å². The minimum atomic E-state index is 0.00578. The summed E-state index contributed by atoms with van der Waals surface area (Å²) in [5.74, 6) is 0. The van der Waals surface area contributed by atoms with Crippen LogP contribution in [0.25, 0.3) is 0 Å². The molecular weight excluding hydrogens is 168 g/mol. The van der Waals surface area contributed by atoms with E-state index in [1.807, 2.05) is 6.07 Å². The third-order valence-electron chi connectivity index (χ3n) is 1.77. The highest BCUT2D eigenvalue weighted by Gasteiger charge is 2.07. The normalized spacial score (nSPS) is 15.3. The molecule has 0 fully saturated rings. The van der Waals surface area contributed by atoms with Gasteiger partial charge in [-0.15, -0.1) is 0 Å². The molecule has 2 N–H and O–H groups in total. The molecule has 1 aromatic rings. The van der Waals surface area contributed by atoms with Crippen molar-refractivity contribution in [1.82, 2.24) is 10.4 Å². The summed E-state index contributed by atoms with van der Waals surface area (Å²) in [6.45, 7) is 0.592. The summed E-state index contributed by atoms with van der Waals surface area (Å²) < 4.78 is 0. The Morgan fingerprint density at radius 3 is 3.15 bits per heavy atom. The minimum absolute atomic E-state index is 0.00578. The number of aromatic nitrogens is 1. The molecule has 0 bridgehead atoms. The lowest BCUT2D eigenvalue weighted by molar-refractivity contribution is 0.281. The quantitative estimate of drug-likeness (QED) is 0.663. The third kappa shape index (κ3) is 1.66. The first kappa shape index (κ1) is 8.15. The fourth-order valence-corrected chi connectivity index (χ4v) is 1.13. The lowest BCUT2D eigenvalue weighted by atomic mass is 10.3. The highest BCUT2D eigenvalue weighted by molar-refractivity contribution is 5.79. The maximum atomic E-state index is 8.89. The van der Waals surface area contributed by atoms with Crippen LogP contribution in [0.2, 0.25) is 0 Å². The van der Waals surface area contributed by atoms with E-state index >= 15 is 0 Å². The van der Waals surface area contributed by atoms with Crippen molar-refractivity contribution in [3.05, 3.63) is 24.0 Å². The lowest BCUT2D eigenvalue weighted by Gasteiger charge is -2.13. The Morgan fingerprint density at radius 2 is 2.46 bits per heavy atom. The van der Waals surface area contributed by atoms with Crippen LogP contribution in [0.3, 0.4) is 0 Å². The molecule has 2 rings (SSSR count). The number of nitrogens with one attached hydrogen (secondary N) is 1. The Hall–Kier alpha value is -1.46. The molecule has 5 nitrogen and oxygen atoms in total. The zero-order valence-electron chi connectivity index (χ0n) is 7.01. The standard InChI is InChI=1S/C8H10N4O/c13-4-7-1-8(3-9-2-7)12-6-10-5-11-12/h1-3,6,11,13H,4-5H2. The summed E-state index contributed by atoms with van der Waals surface area (Å²) in [4.78, 5) is 7.99. The first-order valence-corrected chi connectivity index (χ1v) is 3.97. The van der Waals surface area contributed by atoms with Crippen molar-refractivity contribution in [1.29, 1.82) is 0 Å². The van der Waals surface area contributed by atoms with Gasteiger partial charge in [0, 0.05) is 6.20 Å². The SMILES string of the molecule is OCc1cncc(N2C=NCN2)c1. The van der Waals surface area contributed by atoms with Crippen molar-refractivity contribution < 1.29 is 5.11 Å². The maximum absolute atomic E-state index is 8.89. The highest BCUT2D eigenvalue weighted by atomic mass is 16.3. The van der Waals surface area contributed by atoms with Crippen LogP contribution in [0.15, 0.2) is 23.5 Å². The van der Waals surface area contributed by atoms with Gasteiger partial charge in [0.1, 0.15) is 13.0 Å². The van der Waals surface area contributed by atoms with Gasteiger partial charge in [-0.1, -0.05) is 0 Å². The average Bonchev–Trinajstić information content (AvgIpc) is 2.71. The predicted octanol–water partition coefficient (Wildman–Crippen LogP) is -0.116. The topological polar surface area (TPSA) is 60.8 Å². The molecule has 2 heterocycles. The largest absolute Gasteiger partial charge is 0.392 e. The number of hydrazine groups is 1. The van der Waals surface area contributed by atoms with Crippen LogP contribution in [0, 0.1) is 0 Å². The number of nitrogens with zero attached hydrogens (tertiary/aromatic N) is 3. The van der Waals surface area contributed by atoms with Gasteiger partial charge in [-0.05, 0) is 11.6 Å². The van der Waals surface area contributed by atoms with Crippen molar-refractivity contribution in [2.45, 2.75) is 6.61 Å². The molecule has 0 unspecified atom stereocenters. The van der Waals surface area contributed by atoms with E-state index < -0.39 is 0 Å². The zero-order valence-corrected chi connectivity index (χ0v) is 7.01. The number of aliphatic imine (C=N–C) groups is 1. The Bertz CT molecular complexity index is 326. The molecule has 1 aliphatic heterocycles. The fourth-order valence-electron chi connectivity index (χ4n) is 1.13. The minimum Gasteiger partial charge on any atom is -0.392 e. The number of aliphatic hydroxyl groups is 1. The molecule has 1 aromatic heterocycles. The van der Waals surface area contributed by atoms with E-state index in [0.717, 1.165) is 11.3 Å². The van der Waals surface area contributed by atoms with Gasteiger partial charge in [0.2, 0.25) is 0 Å². The predicted molar refractivity (Wildman–Crippen MR) is 49.1 cm³/mol. The number of hydrogen-bond donors (Lipinski definition) is 2. The van der Waals surface area contributed by atoms with E-state index in [9.17, 15) is 0 Å². The van der Waals surface area contributed by atoms with Crippen LogP contribution < -0.4 is 10.4 Å². The number of aliphatic hydroxyl groups excluding tert-OH is 1. The number of rotatable bonds is 2. The van der Waals surface area contributed by atoms with Crippen LogP contribution in [-0.4, -0.2) is 23.1 Å². The monoisotopic (exact) mass is 178 g/mol. The van der Waals surface area contributed by atoms with Gasteiger partial charge in [0.15, 0.2) is 0 Å². The second-order valence-corrected chi connectivity index (χ2v) is 2.69. The molecule has 0 atom stereocenters. The van der Waals surface area contributed by atoms with Crippen molar-refractivity contribution in [3.8, 4) is 0 Å². The summed E-state index contributed by atoms with van der Waals surface area (Å²) in [7, 11) is 0. The molecular formula is C8H10N4O. The number of anilines is 1. The van der Waals surface area contributed by atoms with E-state index in [0.29, 0.717) is 6.67 Å². The lowest BCUT2D eigenvalue weighted by Crippen LogP contribution is -2.31. The van der Waals surface area contributed by atoms with Gasteiger partial charge in [0.25, 0.3) is 0 Å². The molecule has 0 spiro atoms. The molecule has 0 radical (unpaired) electrons. The summed E-state index contributed by atoms with van der Waals surface area (Å²) in [6, 6.07) is 1.86. The maximum Gasteiger partial charge on any atom is 0.108 e. The first-order chi connectivity index (χ1) is 6.40. The van der Waals surface area contributed by atoms with Gasteiger partial charge >= 0.3 is 0 Å². The molecule has 0 aromatic carbocycles. The molecule has 0 saturated carbocycles. The van der Waals surface area contributed by atoms with Crippen LogP contribution >= 0.6 is 0 Å². The van der Waals surface area contributed by atoms with Gasteiger partial charge in [-0.3, -0.25) is 15.0 Å². The van der Waals surface area contributed by atoms with Crippen molar-refractivity contribution >= 4 is 12.0 Å². The van der Waals surface area contributed by atoms with Crippen molar-refractivity contribution in [3.63, 3.8) is 0 Å². The summed E-state index contributed by atoms with van der Waals surface area (Å²) in [5, 5.41) is 10.7. The molecule has 13 heavy (non-hydrogen) atoms. The van der Waals surface area contributed by atoms with Crippen LogP contribution in [0.5, 0.6) is 0 Å².